The molecule has 1 aliphatic heterocycles. The largest absolute Gasteiger partial charge is 0.392 e. The summed E-state index contributed by atoms with van der Waals surface area (Å²) in [6.45, 7) is 7.62. The molecule has 1 fully saturated rings. The first kappa shape index (κ1) is 9.01. The first-order valence-electron chi connectivity index (χ1n) is 4.62. The number of β-amino-alcohol motifs (C(OH)–C–C–N with tert-alkyl or cyclic N) is 1. The second-order valence-electron chi connectivity index (χ2n) is 3.77. The molecule has 0 amide bonds. The minimum Gasteiger partial charge on any atom is -0.392 e. The lowest BCUT2D eigenvalue weighted by atomic mass is 10.0. The van der Waals surface area contributed by atoms with Gasteiger partial charge in [-0.25, -0.2) is 0 Å². The van der Waals surface area contributed by atoms with Crippen molar-refractivity contribution >= 4 is 0 Å². The van der Waals surface area contributed by atoms with Gasteiger partial charge in [-0.15, -0.1) is 0 Å². The van der Waals surface area contributed by atoms with Gasteiger partial charge in [0.15, 0.2) is 0 Å². The molecule has 11 heavy (non-hydrogen) atoms. The summed E-state index contributed by atoms with van der Waals surface area (Å²) in [5, 5.41) is 9.43. The van der Waals surface area contributed by atoms with Crippen molar-refractivity contribution in [1.82, 2.24) is 4.90 Å². The van der Waals surface area contributed by atoms with Gasteiger partial charge < -0.3 is 10.0 Å². The van der Waals surface area contributed by atoms with Gasteiger partial charge in [-0.2, -0.15) is 0 Å². The number of aliphatic hydroxyl groups is 1. The molecule has 2 heteroatoms. The third-order valence-corrected chi connectivity index (χ3v) is 2.23. The lowest BCUT2D eigenvalue weighted by Crippen LogP contribution is -2.48. The van der Waals surface area contributed by atoms with Gasteiger partial charge in [0.1, 0.15) is 0 Å². The highest BCUT2D eigenvalue weighted by molar-refractivity contribution is 4.77. The van der Waals surface area contributed by atoms with E-state index in [1.165, 1.54) is 13.1 Å². The highest BCUT2D eigenvalue weighted by atomic mass is 16.3. The molecule has 1 heterocycles. The Morgan fingerprint density at radius 1 is 1.55 bits per heavy atom. The second-order valence-corrected chi connectivity index (χ2v) is 3.77. The fraction of sp³-hybridized carbons (Fsp3) is 1.00. The first-order chi connectivity index (χ1) is 5.22. The maximum atomic E-state index is 9.43. The SMILES string of the molecule is CCCC(O)CN1CC(C)C1. The van der Waals surface area contributed by atoms with Crippen LogP contribution in [-0.4, -0.2) is 35.7 Å². The maximum Gasteiger partial charge on any atom is 0.0667 e. The average molecular weight is 157 g/mol. The molecular weight excluding hydrogens is 138 g/mol. The summed E-state index contributed by atoms with van der Waals surface area (Å²) in [6, 6.07) is 0. The number of aliphatic hydroxyl groups excluding tert-OH is 1. The van der Waals surface area contributed by atoms with Crippen LogP contribution in [0.3, 0.4) is 0 Å². The first-order valence-corrected chi connectivity index (χ1v) is 4.62. The molecule has 0 aliphatic carbocycles. The molecule has 66 valence electrons. The molecule has 1 N–H and O–H groups in total. The minimum atomic E-state index is -0.0903. The normalized spacial score (nSPS) is 23.2. The molecule has 1 aliphatic rings. The Labute approximate surface area is 69.2 Å². The van der Waals surface area contributed by atoms with Crippen LogP contribution in [0.5, 0.6) is 0 Å². The average Bonchev–Trinajstić information content (AvgIpc) is 1.85. The van der Waals surface area contributed by atoms with Gasteiger partial charge in [0, 0.05) is 19.6 Å². The molecule has 0 aromatic carbocycles. The Bertz CT molecular complexity index is 107. The summed E-state index contributed by atoms with van der Waals surface area (Å²) in [4.78, 5) is 2.32. The standard InChI is InChI=1S/C9H19NO/c1-3-4-9(11)7-10-5-8(2)6-10/h8-9,11H,3-7H2,1-2H3. The Morgan fingerprint density at radius 3 is 2.64 bits per heavy atom. The van der Waals surface area contributed by atoms with Crippen LogP contribution in [0.4, 0.5) is 0 Å². The van der Waals surface area contributed by atoms with E-state index in [1.54, 1.807) is 0 Å². The fourth-order valence-corrected chi connectivity index (χ4v) is 1.70. The fourth-order valence-electron chi connectivity index (χ4n) is 1.70. The molecule has 0 bridgehead atoms. The van der Waals surface area contributed by atoms with Crippen molar-refractivity contribution in [2.24, 2.45) is 5.92 Å². The van der Waals surface area contributed by atoms with Crippen molar-refractivity contribution in [1.29, 1.82) is 0 Å². The van der Waals surface area contributed by atoms with Gasteiger partial charge >= 0.3 is 0 Å². The third-order valence-electron chi connectivity index (χ3n) is 2.23. The maximum absolute atomic E-state index is 9.43. The molecule has 0 aromatic heterocycles. The molecule has 0 aromatic rings. The van der Waals surface area contributed by atoms with E-state index in [4.69, 9.17) is 0 Å². The van der Waals surface area contributed by atoms with Crippen LogP contribution in [0.15, 0.2) is 0 Å². The van der Waals surface area contributed by atoms with E-state index in [2.05, 4.69) is 18.7 Å². The van der Waals surface area contributed by atoms with Crippen molar-refractivity contribution in [3.8, 4) is 0 Å². The Morgan fingerprint density at radius 2 is 2.18 bits per heavy atom. The number of likely N-dealkylation sites (tertiary alicyclic amines) is 1. The number of hydrogen-bond acceptors (Lipinski definition) is 2. The lowest BCUT2D eigenvalue weighted by molar-refractivity contribution is 0.0431. The molecule has 0 spiro atoms. The quantitative estimate of drug-likeness (QED) is 0.660. The Balaban J connectivity index is 2.02. The van der Waals surface area contributed by atoms with Crippen LogP contribution in [-0.2, 0) is 0 Å². The van der Waals surface area contributed by atoms with Gasteiger partial charge in [0.25, 0.3) is 0 Å². The summed E-state index contributed by atoms with van der Waals surface area (Å²) in [6.07, 6.45) is 1.95. The predicted octanol–water partition coefficient (Wildman–Crippen LogP) is 1.10. The van der Waals surface area contributed by atoms with Crippen molar-refractivity contribution in [3.63, 3.8) is 0 Å². The summed E-state index contributed by atoms with van der Waals surface area (Å²) >= 11 is 0. The van der Waals surface area contributed by atoms with Crippen LogP contribution >= 0.6 is 0 Å². The summed E-state index contributed by atoms with van der Waals surface area (Å²) in [5.74, 6) is 0.851. The zero-order chi connectivity index (χ0) is 8.27. The molecule has 1 rings (SSSR count). The Kier molecular flexibility index (Phi) is 3.34. The van der Waals surface area contributed by atoms with Gasteiger partial charge in [0.05, 0.1) is 6.10 Å². The molecule has 2 nitrogen and oxygen atoms in total. The summed E-state index contributed by atoms with van der Waals surface area (Å²) in [7, 11) is 0. The van der Waals surface area contributed by atoms with Crippen LogP contribution in [0.25, 0.3) is 0 Å². The number of nitrogens with zero attached hydrogens (tertiary/aromatic N) is 1. The number of rotatable bonds is 4. The van der Waals surface area contributed by atoms with Crippen LogP contribution in [0.1, 0.15) is 26.7 Å². The van der Waals surface area contributed by atoms with Crippen molar-refractivity contribution in [2.45, 2.75) is 32.8 Å². The summed E-state index contributed by atoms with van der Waals surface area (Å²) in [5.41, 5.74) is 0. The van der Waals surface area contributed by atoms with Gasteiger partial charge in [0.2, 0.25) is 0 Å². The van der Waals surface area contributed by atoms with Crippen molar-refractivity contribution in [2.75, 3.05) is 19.6 Å². The van der Waals surface area contributed by atoms with E-state index < -0.39 is 0 Å². The lowest BCUT2D eigenvalue weighted by Gasteiger charge is -2.38. The van der Waals surface area contributed by atoms with Crippen LogP contribution in [0.2, 0.25) is 0 Å². The molecule has 0 radical (unpaired) electrons. The van der Waals surface area contributed by atoms with Gasteiger partial charge in [-0.05, 0) is 12.3 Å². The van der Waals surface area contributed by atoms with E-state index in [0.29, 0.717) is 0 Å². The Hall–Kier alpha value is -0.0800. The van der Waals surface area contributed by atoms with Gasteiger partial charge in [-0.3, -0.25) is 0 Å². The zero-order valence-corrected chi connectivity index (χ0v) is 7.58. The molecule has 1 atom stereocenters. The molecular formula is C9H19NO. The van der Waals surface area contributed by atoms with Crippen molar-refractivity contribution < 1.29 is 5.11 Å². The van der Waals surface area contributed by atoms with E-state index in [9.17, 15) is 5.11 Å². The van der Waals surface area contributed by atoms with Gasteiger partial charge in [-0.1, -0.05) is 20.3 Å². The highest BCUT2D eigenvalue weighted by Gasteiger charge is 2.23. The second kappa shape index (κ2) is 4.07. The minimum absolute atomic E-state index is 0.0903. The third kappa shape index (κ3) is 2.80. The van der Waals surface area contributed by atoms with E-state index in [0.717, 1.165) is 25.3 Å². The smallest absolute Gasteiger partial charge is 0.0667 e. The van der Waals surface area contributed by atoms with Crippen LogP contribution in [0, 0.1) is 5.92 Å². The topological polar surface area (TPSA) is 23.5 Å². The predicted molar refractivity (Wildman–Crippen MR) is 46.5 cm³/mol. The highest BCUT2D eigenvalue weighted by Crippen LogP contribution is 2.14. The monoisotopic (exact) mass is 157 g/mol. The van der Waals surface area contributed by atoms with Crippen LogP contribution < -0.4 is 0 Å². The molecule has 1 saturated heterocycles. The molecule has 1 unspecified atom stereocenters. The number of hydrogen-bond donors (Lipinski definition) is 1. The van der Waals surface area contributed by atoms with Crippen molar-refractivity contribution in [3.05, 3.63) is 0 Å². The molecule has 0 saturated carbocycles. The van der Waals surface area contributed by atoms with E-state index in [-0.39, 0.29) is 6.10 Å². The zero-order valence-electron chi connectivity index (χ0n) is 7.58. The summed E-state index contributed by atoms with van der Waals surface area (Å²) < 4.78 is 0. The van der Waals surface area contributed by atoms with E-state index >= 15 is 0 Å². The van der Waals surface area contributed by atoms with E-state index in [1.807, 2.05) is 0 Å².